The summed E-state index contributed by atoms with van der Waals surface area (Å²) in [5.74, 6) is 0. The molecule has 0 rings (SSSR count). The summed E-state index contributed by atoms with van der Waals surface area (Å²) in [7, 11) is 0. The van der Waals surface area contributed by atoms with Crippen LogP contribution in [0.4, 0.5) is 26.3 Å². The molecule has 0 heterocycles. The van der Waals surface area contributed by atoms with Crippen molar-refractivity contribution in [2.24, 2.45) is 0 Å². The average Bonchev–Trinajstić information content (AvgIpc) is 1.83. The molecule has 0 saturated heterocycles. The van der Waals surface area contributed by atoms with Crippen molar-refractivity contribution in [1.82, 2.24) is 0 Å². The van der Waals surface area contributed by atoms with Crippen molar-refractivity contribution in [3.8, 4) is 0 Å². The topological polar surface area (TPSA) is 9.23 Å². The van der Waals surface area contributed by atoms with Crippen LogP contribution in [0.15, 0.2) is 12.1 Å². The third kappa shape index (κ3) is 3.16. The predicted molar refractivity (Wildman–Crippen MR) is 31.6 cm³/mol. The van der Waals surface area contributed by atoms with Gasteiger partial charge in [0.25, 0.3) is 0 Å². The Morgan fingerprint density at radius 3 is 1.62 bits per heavy atom. The highest BCUT2D eigenvalue weighted by Gasteiger charge is 2.51. The van der Waals surface area contributed by atoms with Gasteiger partial charge in [0.2, 0.25) is 5.67 Å². The molecule has 0 spiro atoms. The summed E-state index contributed by atoms with van der Waals surface area (Å²) in [6.45, 7) is 0.743. The molecule has 78 valence electrons. The molecule has 0 aliphatic rings. The molecule has 0 atom stereocenters. The monoisotopic (exact) mass is 208 g/mol. The number of hydrogen-bond acceptors (Lipinski definition) is 1. The highest BCUT2D eigenvalue weighted by Crippen LogP contribution is 2.35. The summed E-state index contributed by atoms with van der Waals surface area (Å²) in [4.78, 5) is 0. The van der Waals surface area contributed by atoms with Gasteiger partial charge in [-0.3, -0.25) is 0 Å². The Labute approximate surface area is 70.0 Å². The molecular formula is C6H6F6O. The minimum absolute atomic E-state index is 0.371. The summed E-state index contributed by atoms with van der Waals surface area (Å²) in [5, 5.41) is 0. The molecule has 0 saturated carbocycles. The van der Waals surface area contributed by atoms with Gasteiger partial charge in [-0.2, -0.15) is 22.0 Å². The van der Waals surface area contributed by atoms with Gasteiger partial charge in [-0.15, -0.1) is 0 Å². The molecule has 0 N–H and O–H groups in total. The third-order valence-electron chi connectivity index (χ3n) is 1.06. The van der Waals surface area contributed by atoms with E-state index in [9.17, 15) is 26.3 Å². The molecule has 0 aromatic carbocycles. The van der Waals surface area contributed by atoms with Crippen molar-refractivity contribution in [2.45, 2.75) is 25.6 Å². The molecular weight excluding hydrogens is 202 g/mol. The first-order valence-electron chi connectivity index (χ1n) is 3.04. The van der Waals surface area contributed by atoms with Gasteiger partial charge in [-0.25, -0.2) is 4.39 Å². The second-order valence-corrected chi connectivity index (χ2v) is 2.63. The standard InChI is InChI=1S/C6H6F6O/c1-5(2,10)6(11,12)13-4(9)3(7)8/h1-2H3. The van der Waals surface area contributed by atoms with Crippen molar-refractivity contribution in [1.29, 1.82) is 0 Å². The quantitative estimate of drug-likeness (QED) is 0.510. The Hall–Kier alpha value is -0.880. The Morgan fingerprint density at radius 2 is 1.38 bits per heavy atom. The minimum Gasteiger partial charge on any atom is -0.400 e. The first kappa shape index (κ1) is 12.1. The number of halogens is 6. The summed E-state index contributed by atoms with van der Waals surface area (Å²) in [6, 6.07) is -2.78. The van der Waals surface area contributed by atoms with Gasteiger partial charge >= 0.3 is 18.2 Å². The van der Waals surface area contributed by atoms with Crippen LogP contribution in [0.2, 0.25) is 0 Å². The number of rotatable bonds is 3. The van der Waals surface area contributed by atoms with E-state index >= 15 is 0 Å². The maximum absolute atomic E-state index is 12.5. The van der Waals surface area contributed by atoms with Crippen LogP contribution in [0.1, 0.15) is 13.8 Å². The second kappa shape index (κ2) is 3.47. The lowest BCUT2D eigenvalue weighted by atomic mass is 10.1. The molecule has 0 unspecified atom stereocenters. The zero-order valence-corrected chi connectivity index (χ0v) is 6.68. The molecule has 1 nitrogen and oxygen atoms in total. The van der Waals surface area contributed by atoms with E-state index in [2.05, 4.69) is 4.74 Å². The highest BCUT2D eigenvalue weighted by atomic mass is 19.3. The molecule has 0 aliphatic heterocycles. The SMILES string of the molecule is CC(C)(F)C(F)(F)OC(F)=C(F)F. The molecule has 0 fully saturated rings. The van der Waals surface area contributed by atoms with Gasteiger partial charge in [0.1, 0.15) is 0 Å². The molecule has 7 heteroatoms. The summed E-state index contributed by atoms with van der Waals surface area (Å²) < 4.78 is 74.3. The fourth-order valence-corrected chi connectivity index (χ4v) is 0.272. The van der Waals surface area contributed by atoms with E-state index < -0.39 is 23.9 Å². The average molecular weight is 208 g/mol. The maximum Gasteiger partial charge on any atom is 0.434 e. The molecule has 0 radical (unpaired) electrons. The van der Waals surface area contributed by atoms with Crippen molar-refractivity contribution >= 4 is 0 Å². The van der Waals surface area contributed by atoms with Crippen LogP contribution in [0.3, 0.4) is 0 Å². The predicted octanol–water partition coefficient (Wildman–Crippen LogP) is 3.38. The third-order valence-corrected chi connectivity index (χ3v) is 1.06. The van der Waals surface area contributed by atoms with Crippen molar-refractivity contribution < 1.29 is 31.1 Å². The van der Waals surface area contributed by atoms with Gasteiger partial charge in [-0.05, 0) is 13.8 Å². The van der Waals surface area contributed by atoms with Gasteiger partial charge in [-0.1, -0.05) is 0 Å². The Balaban J connectivity index is 4.63. The molecule has 0 bridgehead atoms. The lowest BCUT2D eigenvalue weighted by Crippen LogP contribution is -2.40. The fraction of sp³-hybridized carbons (Fsp3) is 0.667. The van der Waals surface area contributed by atoms with E-state index in [0.29, 0.717) is 13.8 Å². The summed E-state index contributed by atoms with van der Waals surface area (Å²) >= 11 is 0. The van der Waals surface area contributed by atoms with Crippen molar-refractivity contribution in [2.75, 3.05) is 0 Å². The molecule has 0 aromatic rings. The lowest BCUT2D eigenvalue weighted by Gasteiger charge is -2.24. The smallest absolute Gasteiger partial charge is 0.400 e. The minimum atomic E-state index is -4.64. The number of ether oxygens (including phenoxy) is 1. The Bertz CT molecular complexity index is 212. The van der Waals surface area contributed by atoms with Crippen molar-refractivity contribution in [3.63, 3.8) is 0 Å². The van der Waals surface area contributed by atoms with Crippen LogP contribution in [-0.2, 0) is 4.74 Å². The van der Waals surface area contributed by atoms with Crippen LogP contribution in [0, 0.1) is 0 Å². The fourth-order valence-electron chi connectivity index (χ4n) is 0.272. The Kier molecular flexibility index (Phi) is 3.23. The normalized spacial score (nSPS) is 12.6. The van der Waals surface area contributed by atoms with Gasteiger partial charge in [0.15, 0.2) is 0 Å². The lowest BCUT2D eigenvalue weighted by molar-refractivity contribution is -0.292. The van der Waals surface area contributed by atoms with Gasteiger partial charge < -0.3 is 4.74 Å². The van der Waals surface area contributed by atoms with E-state index in [4.69, 9.17) is 0 Å². The maximum atomic E-state index is 12.5. The molecule has 0 aromatic heterocycles. The van der Waals surface area contributed by atoms with Gasteiger partial charge in [0.05, 0.1) is 0 Å². The van der Waals surface area contributed by atoms with Gasteiger partial charge in [0, 0.05) is 0 Å². The molecule has 13 heavy (non-hydrogen) atoms. The van der Waals surface area contributed by atoms with Crippen LogP contribution < -0.4 is 0 Å². The number of hydrogen-bond donors (Lipinski definition) is 0. The van der Waals surface area contributed by atoms with E-state index in [1.165, 1.54) is 0 Å². The molecule has 0 aliphatic carbocycles. The summed E-state index contributed by atoms with van der Waals surface area (Å²) in [6.07, 6.45) is -7.70. The largest absolute Gasteiger partial charge is 0.434 e. The Morgan fingerprint density at radius 1 is 1.00 bits per heavy atom. The van der Waals surface area contributed by atoms with E-state index in [-0.39, 0.29) is 0 Å². The molecule has 0 amide bonds. The first-order valence-corrected chi connectivity index (χ1v) is 3.04. The zero-order chi connectivity index (χ0) is 10.9. The highest BCUT2D eigenvalue weighted by molar-refractivity contribution is 4.87. The summed E-state index contributed by atoms with van der Waals surface area (Å²) in [5.41, 5.74) is -3.25. The number of alkyl halides is 3. The first-order chi connectivity index (χ1) is 5.58. The van der Waals surface area contributed by atoms with Crippen molar-refractivity contribution in [3.05, 3.63) is 12.1 Å². The zero-order valence-electron chi connectivity index (χ0n) is 6.68. The van der Waals surface area contributed by atoms with Crippen LogP contribution in [0.25, 0.3) is 0 Å². The van der Waals surface area contributed by atoms with E-state index in [1.54, 1.807) is 0 Å². The van der Waals surface area contributed by atoms with Crippen LogP contribution in [0.5, 0.6) is 0 Å². The van der Waals surface area contributed by atoms with Crippen LogP contribution >= 0.6 is 0 Å². The van der Waals surface area contributed by atoms with E-state index in [0.717, 1.165) is 0 Å². The second-order valence-electron chi connectivity index (χ2n) is 2.63. The van der Waals surface area contributed by atoms with E-state index in [1.807, 2.05) is 0 Å². The van der Waals surface area contributed by atoms with Crippen LogP contribution in [-0.4, -0.2) is 11.8 Å².